The van der Waals surface area contributed by atoms with Gasteiger partial charge in [-0.25, -0.2) is 4.98 Å². The maximum Gasteiger partial charge on any atom is 0.268 e. The summed E-state index contributed by atoms with van der Waals surface area (Å²) in [6.45, 7) is 5.40. The summed E-state index contributed by atoms with van der Waals surface area (Å²) in [5.41, 5.74) is 0.619. The zero-order valence-corrected chi connectivity index (χ0v) is 10.7. The Morgan fingerprint density at radius 1 is 1.61 bits per heavy atom. The highest BCUT2D eigenvalue weighted by Gasteiger charge is 2.08. The van der Waals surface area contributed by atoms with E-state index in [0.29, 0.717) is 30.2 Å². The molecule has 2 rings (SSSR count). The third-order valence-electron chi connectivity index (χ3n) is 2.54. The van der Waals surface area contributed by atoms with Crippen LogP contribution in [0.15, 0.2) is 28.9 Å². The highest BCUT2D eigenvalue weighted by Crippen LogP contribution is 2.14. The molecule has 18 heavy (non-hydrogen) atoms. The molecule has 0 aliphatic rings. The predicted octanol–water partition coefficient (Wildman–Crippen LogP) is 0.965. The van der Waals surface area contributed by atoms with Crippen LogP contribution in [0.1, 0.15) is 5.82 Å². The number of H-pyrrole nitrogens is 1. The zero-order valence-electron chi connectivity index (χ0n) is 9.93. The number of aliphatic hydroxyl groups excluding tert-OH is 1. The molecule has 0 amide bonds. The van der Waals surface area contributed by atoms with E-state index in [-0.39, 0.29) is 12.2 Å². The van der Waals surface area contributed by atoms with Crippen molar-refractivity contribution in [3.05, 3.63) is 40.3 Å². The molecule has 2 N–H and O–H groups in total. The van der Waals surface area contributed by atoms with E-state index in [1.165, 1.54) is 11.3 Å². The first-order valence-electron chi connectivity index (χ1n) is 5.65. The van der Waals surface area contributed by atoms with Crippen molar-refractivity contribution in [3.8, 4) is 0 Å². The van der Waals surface area contributed by atoms with Crippen LogP contribution < -0.4 is 5.56 Å². The molecule has 0 atom stereocenters. The normalized spacial score (nSPS) is 11.2. The summed E-state index contributed by atoms with van der Waals surface area (Å²) in [7, 11) is 0. The number of aliphatic hydroxyl groups is 1. The largest absolute Gasteiger partial charge is 0.395 e. The van der Waals surface area contributed by atoms with Crippen LogP contribution in [0.3, 0.4) is 0 Å². The quantitative estimate of drug-likeness (QED) is 0.763. The first-order valence-corrected chi connectivity index (χ1v) is 6.53. The minimum Gasteiger partial charge on any atom is -0.395 e. The summed E-state index contributed by atoms with van der Waals surface area (Å²) in [5.74, 6) is 0.612. The Hall–Kier alpha value is -1.50. The first-order chi connectivity index (χ1) is 8.74. The second-order valence-corrected chi connectivity index (χ2v) is 4.81. The lowest BCUT2D eigenvalue weighted by molar-refractivity contribution is 0.200. The van der Waals surface area contributed by atoms with Gasteiger partial charge < -0.3 is 10.1 Å². The molecule has 0 spiro atoms. The Kier molecular flexibility index (Phi) is 4.24. The Labute approximate surface area is 108 Å². The van der Waals surface area contributed by atoms with Gasteiger partial charge in [-0.15, -0.1) is 17.9 Å². The molecule has 2 heterocycles. The maximum atomic E-state index is 11.8. The van der Waals surface area contributed by atoms with Crippen molar-refractivity contribution in [1.82, 2.24) is 14.9 Å². The molecule has 0 radical (unpaired) electrons. The molecule has 2 aromatic heterocycles. The molecule has 2 aromatic rings. The van der Waals surface area contributed by atoms with Crippen molar-refractivity contribution in [2.24, 2.45) is 0 Å². The zero-order chi connectivity index (χ0) is 13.0. The van der Waals surface area contributed by atoms with E-state index in [4.69, 9.17) is 5.11 Å². The smallest absolute Gasteiger partial charge is 0.268 e. The Bertz CT molecular complexity index is 590. The van der Waals surface area contributed by atoms with Crippen LogP contribution in [0.2, 0.25) is 0 Å². The van der Waals surface area contributed by atoms with Gasteiger partial charge >= 0.3 is 0 Å². The highest BCUT2D eigenvalue weighted by molar-refractivity contribution is 7.17. The van der Waals surface area contributed by atoms with Gasteiger partial charge in [-0.2, -0.15) is 0 Å². The number of nitrogens with zero attached hydrogens (tertiary/aromatic N) is 2. The number of hydrogen-bond donors (Lipinski definition) is 2. The molecular weight excluding hydrogens is 250 g/mol. The maximum absolute atomic E-state index is 11.8. The van der Waals surface area contributed by atoms with Gasteiger partial charge in [0.2, 0.25) is 0 Å². The van der Waals surface area contributed by atoms with Crippen molar-refractivity contribution in [1.29, 1.82) is 0 Å². The van der Waals surface area contributed by atoms with E-state index in [9.17, 15) is 4.79 Å². The molecule has 0 aliphatic carbocycles. The average Bonchev–Trinajstić information content (AvgIpc) is 2.78. The number of nitrogens with one attached hydrogen (secondary N) is 1. The van der Waals surface area contributed by atoms with Gasteiger partial charge in [0, 0.05) is 13.1 Å². The molecule has 6 heteroatoms. The van der Waals surface area contributed by atoms with Crippen molar-refractivity contribution < 1.29 is 5.11 Å². The van der Waals surface area contributed by atoms with Crippen LogP contribution in [0.4, 0.5) is 0 Å². The van der Waals surface area contributed by atoms with Gasteiger partial charge in [0.15, 0.2) is 0 Å². The minimum absolute atomic E-state index is 0.0682. The van der Waals surface area contributed by atoms with E-state index in [0.717, 1.165) is 5.52 Å². The first kappa shape index (κ1) is 12.9. The fourth-order valence-electron chi connectivity index (χ4n) is 1.77. The number of hydrogen-bond acceptors (Lipinski definition) is 5. The SMILES string of the molecule is C=CCN(CCO)Cc1nc2ccsc2c(=O)[nH]1. The summed E-state index contributed by atoms with van der Waals surface area (Å²) in [5, 5.41) is 10.8. The van der Waals surface area contributed by atoms with Gasteiger partial charge in [0.05, 0.1) is 18.7 Å². The molecule has 0 unspecified atom stereocenters. The van der Waals surface area contributed by atoms with Crippen LogP contribution >= 0.6 is 11.3 Å². The summed E-state index contributed by atoms with van der Waals surface area (Å²) in [4.78, 5) is 20.9. The molecule has 0 aromatic carbocycles. The topological polar surface area (TPSA) is 69.2 Å². The fraction of sp³-hybridized carbons (Fsp3) is 0.333. The third kappa shape index (κ3) is 2.84. The summed E-state index contributed by atoms with van der Waals surface area (Å²) in [6, 6.07) is 1.84. The number of aromatic nitrogens is 2. The Morgan fingerprint density at radius 2 is 2.44 bits per heavy atom. The lowest BCUT2D eigenvalue weighted by Crippen LogP contribution is -2.28. The summed E-state index contributed by atoms with van der Waals surface area (Å²) in [6.07, 6.45) is 1.76. The fourth-order valence-corrected chi connectivity index (χ4v) is 2.49. The van der Waals surface area contributed by atoms with Crippen LogP contribution in [0.5, 0.6) is 0 Å². The molecule has 0 bridgehead atoms. The molecule has 0 fully saturated rings. The monoisotopic (exact) mass is 265 g/mol. The Morgan fingerprint density at radius 3 is 3.17 bits per heavy atom. The molecule has 0 saturated carbocycles. The number of rotatable bonds is 6. The number of fused-ring (bicyclic) bond motifs is 1. The highest BCUT2D eigenvalue weighted by atomic mass is 32.1. The van der Waals surface area contributed by atoms with Crippen LogP contribution in [0.25, 0.3) is 10.2 Å². The summed E-state index contributed by atoms with van der Waals surface area (Å²) < 4.78 is 0.649. The van der Waals surface area contributed by atoms with E-state index in [1.54, 1.807) is 6.08 Å². The van der Waals surface area contributed by atoms with Crippen LogP contribution in [0, 0.1) is 0 Å². The predicted molar refractivity (Wildman–Crippen MR) is 72.8 cm³/mol. The van der Waals surface area contributed by atoms with E-state index in [2.05, 4.69) is 16.5 Å². The Balaban J connectivity index is 2.24. The molecule has 96 valence electrons. The molecule has 0 aliphatic heterocycles. The lowest BCUT2D eigenvalue weighted by Gasteiger charge is -2.18. The minimum atomic E-state index is -0.104. The van der Waals surface area contributed by atoms with Crippen molar-refractivity contribution >= 4 is 21.6 Å². The van der Waals surface area contributed by atoms with E-state index >= 15 is 0 Å². The van der Waals surface area contributed by atoms with Crippen molar-refractivity contribution in [3.63, 3.8) is 0 Å². The van der Waals surface area contributed by atoms with Crippen molar-refractivity contribution in [2.45, 2.75) is 6.54 Å². The third-order valence-corrected chi connectivity index (χ3v) is 3.44. The van der Waals surface area contributed by atoms with Gasteiger partial charge in [0.1, 0.15) is 10.5 Å². The van der Waals surface area contributed by atoms with E-state index < -0.39 is 0 Å². The summed E-state index contributed by atoms with van der Waals surface area (Å²) >= 11 is 1.39. The van der Waals surface area contributed by atoms with Crippen LogP contribution in [-0.4, -0.2) is 39.7 Å². The van der Waals surface area contributed by atoms with Crippen molar-refractivity contribution in [2.75, 3.05) is 19.7 Å². The standard InChI is InChI=1S/C12H15N3O2S/c1-2-4-15(5-6-16)8-10-13-9-3-7-18-11(9)12(17)14-10/h2-3,7,16H,1,4-6,8H2,(H,13,14,17). The molecule has 5 nitrogen and oxygen atoms in total. The second kappa shape index (κ2) is 5.90. The lowest BCUT2D eigenvalue weighted by atomic mass is 10.4. The van der Waals surface area contributed by atoms with E-state index in [1.807, 2.05) is 16.3 Å². The van der Waals surface area contributed by atoms with Gasteiger partial charge in [-0.05, 0) is 11.4 Å². The van der Waals surface area contributed by atoms with Gasteiger partial charge in [0.25, 0.3) is 5.56 Å². The second-order valence-electron chi connectivity index (χ2n) is 3.89. The average molecular weight is 265 g/mol. The van der Waals surface area contributed by atoms with Gasteiger partial charge in [-0.1, -0.05) is 6.08 Å². The van der Waals surface area contributed by atoms with Gasteiger partial charge in [-0.3, -0.25) is 9.69 Å². The molecular formula is C12H15N3O2S. The van der Waals surface area contributed by atoms with Crippen LogP contribution in [-0.2, 0) is 6.54 Å². The molecule has 0 saturated heterocycles. The number of aromatic amines is 1. The number of thiophene rings is 1.